The van der Waals surface area contributed by atoms with Gasteiger partial charge >= 0.3 is 0 Å². The van der Waals surface area contributed by atoms with Gasteiger partial charge in [0, 0.05) is 12.5 Å². The van der Waals surface area contributed by atoms with Crippen molar-refractivity contribution < 1.29 is 4.79 Å². The van der Waals surface area contributed by atoms with Crippen LogP contribution in [0.4, 0.5) is 0 Å². The van der Waals surface area contributed by atoms with Crippen molar-refractivity contribution in [2.75, 3.05) is 0 Å². The van der Waals surface area contributed by atoms with Gasteiger partial charge in [0.2, 0.25) is 5.91 Å². The Kier molecular flexibility index (Phi) is 3.71. The molecule has 0 rings (SSSR count). The van der Waals surface area contributed by atoms with E-state index in [2.05, 4.69) is 0 Å². The summed E-state index contributed by atoms with van der Waals surface area (Å²) in [4.78, 5) is 10.2. The van der Waals surface area contributed by atoms with Gasteiger partial charge in [0.1, 0.15) is 0 Å². The summed E-state index contributed by atoms with van der Waals surface area (Å²) in [5.74, 6) is -0.361. The third kappa shape index (κ3) is 5.03. The van der Waals surface area contributed by atoms with Gasteiger partial charge in [0.05, 0.1) is 0 Å². The van der Waals surface area contributed by atoms with Crippen molar-refractivity contribution in [3.8, 4) is 0 Å². The summed E-state index contributed by atoms with van der Waals surface area (Å²) in [5, 5.41) is 0. The molecule has 0 spiro atoms. The first kappa shape index (κ1) is 8.17. The average Bonchev–Trinajstić information content (AvgIpc) is 1.63. The predicted octanol–water partition coefficient (Wildman–Crippen LogP) is -0.235. The normalized spacial score (nSPS) is 14.0. The van der Waals surface area contributed by atoms with Crippen molar-refractivity contribution >= 4 is 5.91 Å². The second-order valence-corrected chi connectivity index (χ2v) is 1.86. The molecule has 0 aliphatic rings. The van der Waals surface area contributed by atoms with Crippen LogP contribution in [0, 0.1) is 0 Å². The molecule has 0 aromatic rings. The molecular weight excluding hydrogens is 116 g/mol. The highest BCUT2D eigenvalue weighted by Crippen LogP contribution is 1.87. The summed E-state index contributed by atoms with van der Waals surface area (Å²) in [6.45, 7) is 1.85. The Morgan fingerprint density at radius 2 is 2.33 bits per heavy atom. The molecule has 9 heavy (non-hydrogen) atoms. The highest BCUT2D eigenvalue weighted by Gasteiger charge is 1.99. The Hall–Kier alpha value is -0.830. The Morgan fingerprint density at radius 3 is 2.67 bits per heavy atom. The van der Waals surface area contributed by atoms with Crippen molar-refractivity contribution in [3.63, 3.8) is 0 Å². The van der Waals surface area contributed by atoms with Crippen LogP contribution in [0.1, 0.15) is 13.3 Å². The quantitative estimate of drug-likeness (QED) is 0.515. The number of carbonyl (C=O) groups excluding carboxylic acids is 1. The van der Waals surface area contributed by atoms with Crippen molar-refractivity contribution in [2.45, 2.75) is 19.4 Å². The molecule has 52 valence electrons. The van der Waals surface area contributed by atoms with Gasteiger partial charge in [0.25, 0.3) is 0 Å². The molecule has 0 aliphatic carbocycles. The number of allylic oxidation sites excluding steroid dienone is 1. The number of primary amides is 1. The van der Waals surface area contributed by atoms with E-state index in [1.54, 1.807) is 12.2 Å². The molecule has 0 aliphatic heterocycles. The fourth-order valence-electron chi connectivity index (χ4n) is 0.548. The fourth-order valence-corrected chi connectivity index (χ4v) is 0.548. The number of nitrogens with two attached hydrogens (primary N) is 2. The Labute approximate surface area is 54.7 Å². The highest BCUT2D eigenvalue weighted by atomic mass is 16.1. The third-order valence-electron chi connectivity index (χ3n) is 0.877. The Balaban J connectivity index is 3.50. The van der Waals surface area contributed by atoms with Crippen LogP contribution in [0.15, 0.2) is 12.2 Å². The standard InChI is InChI=1S/C6H12N2O/c1-2-3-5(7)4-6(8)9/h2-3,5H,4,7H2,1H3,(H2,8,9)/b3-2+. The summed E-state index contributed by atoms with van der Waals surface area (Å²) in [6.07, 6.45) is 3.77. The molecular formula is C6H12N2O. The molecule has 0 saturated heterocycles. The predicted molar refractivity (Wildman–Crippen MR) is 36.6 cm³/mol. The van der Waals surface area contributed by atoms with E-state index < -0.39 is 0 Å². The van der Waals surface area contributed by atoms with Crippen molar-refractivity contribution in [1.82, 2.24) is 0 Å². The van der Waals surface area contributed by atoms with Gasteiger partial charge in [0.15, 0.2) is 0 Å². The second-order valence-electron chi connectivity index (χ2n) is 1.86. The lowest BCUT2D eigenvalue weighted by Gasteiger charge is -1.99. The van der Waals surface area contributed by atoms with Crippen LogP contribution in [0.3, 0.4) is 0 Å². The van der Waals surface area contributed by atoms with E-state index in [1.165, 1.54) is 0 Å². The minimum Gasteiger partial charge on any atom is -0.370 e. The minimum atomic E-state index is -0.361. The number of amides is 1. The Bertz CT molecular complexity index is 120. The number of hydrogen-bond acceptors (Lipinski definition) is 2. The van der Waals surface area contributed by atoms with Gasteiger partial charge in [-0.2, -0.15) is 0 Å². The highest BCUT2D eigenvalue weighted by molar-refractivity contribution is 5.74. The van der Waals surface area contributed by atoms with Crippen LogP contribution in [0.2, 0.25) is 0 Å². The van der Waals surface area contributed by atoms with E-state index in [0.717, 1.165) is 0 Å². The zero-order chi connectivity index (χ0) is 7.28. The van der Waals surface area contributed by atoms with Crippen molar-refractivity contribution in [2.24, 2.45) is 11.5 Å². The Morgan fingerprint density at radius 1 is 1.78 bits per heavy atom. The van der Waals surface area contributed by atoms with Crippen LogP contribution in [-0.4, -0.2) is 11.9 Å². The van der Waals surface area contributed by atoms with E-state index in [1.807, 2.05) is 6.92 Å². The fraction of sp³-hybridized carbons (Fsp3) is 0.500. The van der Waals surface area contributed by atoms with Crippen LogP contribution >= 0.6 is 0 Å². The lowest BCUT2D eigenvalue weighted by Crippen LogP contribution is -2.25. The van der Waals surface area contributed by atoms with E-state index in [4.69, 9.17) is 11.5 Å². The molecule has 0 aromatic heterocycles. The van der Waals surface area contributed by atoms with Gasteiger partial charge in [-0.25, -0.2) is 0 Å². The zero-order valence-corrected chi connectivity index (χ0v) is 5.50. The summed E-state index contributed by atoms with van der Waals surface area (Å²) in [5.41, 5.74) is 10.3. The minimum absolute atomic E-state index is 0.215. The lowest BCUT2D eigenvalue weighted by atomic mass is 10.2. The average molecular weight is 128 g/mol. The van der Waals surface area contributed by atoms with Crippen LogP contribution in [-0.2, 0) is 4.79 Å². The molecule has 0 saturated carbocycles. The number of carbonyl (C=O) groups is 1. The molecule has 0 aromatic carbocycles. The molecule has 1 atom stereocenters. The van der Waals surface area contributed by atoms with Gasteiger partial charge in [-0.05, 0) is 6.92 Å². The first-order valence-corrected chi connectivity index (χ1v) is 2.83. The molecule has 1 unspecified atom stereocenters. The van der Waals surface area contributed by atoms with Gasteiger partial charge in [-0.15, -0.1) is 0 Å². The maximum Gasteiger partial charge on any atom is 0.219 e. The van der Waals surface area contributed by atoms with Crippen LogP contribution < -0.4 is 11.5 Å². The van der Waals surface area contributed by atoms with E-state index in [-0.39, 0.29) is 18.4 Å². The van der Waals surface area contributed by atoms with Gasteiger partial charge < -0.3 is 11.5 Å². The monoisotopic (exact) mass is 128 g/mol. The summed E-state index contributed by atoms with van der Waals surface area (Å²) in [6, 6.07) is -0.215. The lowest BCUT2D eigenvalue weighted by molar-refractivity contribution is -0.118. The third-order valence-corrected chi connectivity index (χ3v) is 0.877. The van der Waals surface area contributed by atoms with E-state index >= 15 is 0 Å². The van der Waals surface area contributed by atoms with Crippen molar-refractivity contribution in [3.05, 3.63) is 12.2 Å². The zero-order valence-electron chi connectivity index (χ0n) is 5.50. The largest absolute Gasteiger partial charge is 0.370 e. The molecule has 1 amide bonds. The van der Waals surface area contributed by atoms with Crippen LogP contribution in [0.25, 0.3) is 0 Å². The topological polar surface area (TPSA) is 69.1 Å². The van der Waals surface area contributed by atoms with E-state index in [9.17, 15) is 4.79 Å². The summed E-state index contributed by atoms with van der Waals surface area (Å²) < 4.78 is 0. The summed E-state index contributed by atoms with van der Waals surface area (Å²) in [7, 11) is 0. The number of hydrogen-bond donors (Lipinski definition) is 2. The van der Waals surface area contributed by atoms with E-state index in [0.29, 0.717) is 0 Å². The van der Waals surface area contributed by atoms with Gasteiger partial charge in [-0.1, -0.05) is 12.2 Å². The molecule has 4 N–H and O–H groups in total. The smallest absolute Gasteiger partial charge is 0.219 e. The molecule has 0 heterocycles. The number of rotatable bonds is 3. The summed E-state index contributed by atoms with van der Waals surface area (Å²) >= 11 is 0. The second kappa shape index (κ2) is 4.09. The molecule has 0 bridgehead atoms. The van der Waals surface area contributed by atoms with Crippen LogP contribution in [0.5, 0.6) is 0 Å². The molecule has 0 fully saturated rings. The first-order chi connectivity index (χ1) is 4.16. The SMILES string of the molecule is C/C=C/C(N)CC(N)=O. The molecule has 3 heteroatoms. The van der Waals surface area contributed by atoms with Crippen molar-refractivity contribution in [1.29, 1.82) is 0 Å². The molecule has 0 radical (unpaired) electrons. The van der Waals surface area contributed by atoms with Gasteiger partial charge in [-0.3, -0.25) is 4.79 Å². The molecule has 3 nitrogen and oxygen atoms in total. The maximum atomic E-state index is 10.2. The maximum absolute atomic E-state index is 10.2. The first-order valence-electron chi connectivity index (χ1n) is 2.83.